The number of ether oxygens (including phenoxy) is 1. The summed E-state index contributed by atoms with van der Waals surface area (Å²) < 4.78 is 5.93. The van der Waals surface area contributed by atoms with Gasteiger partial charge >= 0.3 is 0 Å². The van der Waals surface area contributed by atoms with Crippen molar-refractivity contribution in [3.63, 3.8) is 0 Å². The van der Waals surface area contributed by atoms with Crippen molar-refractivity contribution in [2.24, 2.45) is 5.41 Å². The highest BCUT2D eigenvalue weighted by atomic mass is 16.5. The summed E-state index contributed by atoms with van der Waals surface area (Å²) in [6.45, 7) is 10.2. The molecule has 0 N–H and O–H groups in total. The van der Waals surface area contributed by atoms with Gasteiger partial charge in [-0.25, -0.2) is 0 Å². The highest BCUT2D eigenvalue weighted by molar-refractivity contribution is 5.32. The minimum atomic E-state index is -0.101. The Morgan fingerprint density at radius 2 is 2.11 bits per heavy atom. The summed E-state index contributed by atoms with van der Waals surface area (Å²) in [5.41, 5.74) is 3.13. The molecule has 1 fully saturated rings. The minimum Gasteiger partial charge on any atom is -0.381 e. The molecule has 0 spiro atoms. The first-order chi connectivity index (χ1) is 13.5. The SMILES string of the molecule is CCOC[C@]1(CCc2cccc(C#N)c2)CCN(C(C)(C)c2ccccn2)C1. The molecule has 1 saturated heterocycles. The normalized spacial score (nSPS) is 20.2. The molecule has 148 valence electrons. The Bertz CT molecular complexity index is 812. The summed E-state index contributed by atoms with van der Waals surface area (Å²) in [5, 5.41) is 9.16. The molecule has 0 amide bonds. The van der Waals surface area contributed by atoms with Crippen LogP contribution in [0.3, 0.4) is 0 Å². The summed E-state index contributed by atoms with van der Waals surface area (Å²) in [4.78, 5) is 7.17. The zero-order valence-electron chi connectivity index (χ0n) is 17.3. The van der Waals surface area contributed by atoms with Gasteiger partial charge in [0.2, 0.25) is 0 Å². The van der Waals surface area contributed by atoms with E-state index in [2.05, 4.69) is 54.9 Å². The maximum atomic E-state index is 9.16. The number of benzene rings is 1. The first-order valence-corrected chi connectivity index (χ1v) is 10.2. The molecule has 1 aliphatic heterocycles. The predicted octanol–water partition coefficient (Wildman–Crippen LogP) is 4.55. The van der Waals surface area contributed by atoms with E-state index in [0.717, 1.165) is 56.8 Å². The van der Waals surface area contributed by atoms with Crippen molar-refractivity contribution in [2.75, 3.05) is 26.3 Å². The Labute approximate surface area is 169 Å². The van der Waals surface area contributed by atoms with Crippen molar-refractivity contribution >= 4 is 0 Å². The topological polar surface area (TPSA) is 49.1 Å². The summed E-state index contributed by atoms with van der Waals surface area (Å²) in [7, 11) is 0. The van der Waals surface area contributed by atoms with Gasteiger partial charge < -0.3 is 4.74 Å². The maximum Gasteiger partial charge on any atom is 0.0991 e. The van der Waals surface area contributed by atoms with Crippen LogP contribution in [-0.2, 0) is 16.7 Å². The highest BCUT2D eigenvalue weighted by Crippen LogP contribution is 2.41. The van der Waals surface area contributed by atoms with Crippen molar-refractivity contribution in [1.82, 2.24) is 9.88 Å². The predicted molar refractivity (Wildman–Crippen MR) is 112 cm³/mol. The second-order valence-electron chi connectivity index (χ2n) is 8.39. The van der Waals surface area contributed by atoms with Crippen molar-refractivity contribution < 1.29 is 4.74 Å². The van der Waals surface area contributed by atoms with Gasteiger partial charge in [0.05, 0.1) is 29.5 Å². The second kappa shape index (κ2) is 8.86. The monoisotopic (exact) mass is 377 g/mol. The lowest BCUT2D eigenvalue weighted by atomic mass is 9.81. The van der Waals surface area contributed by atoms with E-state index in [1.54, 1.807) is 0 Å². The van der Waals surface area contributed by atoms with Gasteiger partial charge in [-0.05, 0) is 76.4 Å². The second-order valence-corrected chi connectivity index (χ2v) is 8.39. The maximum absolute atomic E-state index is 9.16. The molecule has 0 unspecified atom stereocenters. The quantitative estimate of drug-likeness (QED) is 0.677. The minimum absolute atomic E-state index is 0.101. The molecule has 0 saturated carbocycles. The van der Waals surface area contributed by atoms with Crippen LogP contribution in [0.4, 0.5) is 0 Å². The van der Waals surface area contributed by atoms with Gasteiger partial charge in [0.15, 0.2) is 0 Å². The third-order valence-corrected chi connectivity index (χ3v) is 6.13. The van der Waals surface area contributed by atoms with Crippen LogP contribution in [0.25, 0.3) is 0 Å². The average Bonchev–Trinajstić information content (AvgIpc) is 3.17. The van der Waals surface area contributed by atoms with Crippen LogP contribution < -0.4 is 0 Å². The number of nitrogens with zero attached hydrogens (tertiary/aromatic N) is 3. The van der Waals surface area contributed by atoms with Crippen molar-refractivity contribution in [2.45, 2.75) is 45.6 Å². The van der Waals surface area contributed by atoms with E-state index < -0.39 is 0 Å². The largest absolute Gasteiger partial charge is 0.381 e. The fraction of sp³-hybridized carbons (Fsp3) is 0.500. The van der Waals surface area contributed by atoms with Crippen molar-refractivity contribution in [1.29, 1.82) is 5.26 Å². The molecule has 0 bridgehead atoms. The summed E-state index contributed by atoms with van der Waals surface area (Å²) in [5.74, 6) is 0. The van der Waals surface area contributed by atoms with Crippen LogP contribution in [0.2, 0.25) is 0 Å². The fourth-order valence-corrected chi connectivity index (χ4v) is 4.22. The lowest BCUT2D eigenvalue weighted by Crippen LogP contribution is -2.43. The molecular weight excluding hydrogens is 346 g/mol. The zero-order chi connectivity index (χ0) is 20.0. The molecule has 1 aliphatic rings. The van der Waals surface area contributed by atoms with Gasteiger partial charge in [0.1, 0.15) is 0 Å². The third kappa shape index (κ3) is 4.60. The van der Waals surface area contributed by atoms with Crippen LogP contribution in [0.15, 0.2) is 48.7 Å². The van der Waals surface area contributed by atoms with E-state index in [1.165, 1.54) is 5.56 Å². The van der Waals surface area contributed by atoms with Gasteiger partial charge in [0.25, 0.3) is 0 Å². The first kappa shape index (κ1) is 20.5. The van der Waals surface area contributed by atoms with Crippen molar-refractivity contribution in [3.8, 4) is 6.07 Å². The van der Waals surface area contributed by atoms with Crippen LogP contribution >= 0.6 is 0 Å². The van der Waals surface area contributed by atoms with E-state index in [0.29, 0.717) is 0 Å². The first-order valence-electron chi connectivity index (χ1n) is 10.2. The van der Waals surface area contributed by atoms with E-state index in [4.69, 9.17) is 10.00 Å². The van der Waals surface area contributed by atoms with Crippen LogP contribution in [0, 0.1) is 16.7 Å². The van der Waals surface area contributed by atoms with Gasteiger partial charge in [-0.3, -0.25) is 9.88 Å². The number of nitriles is 1. The van der Waals surface area contributed by atoms with Crippen LogP contribution in [0.1, 0.15) is 50.4 Å². The molecule has 1 aromatic carbocycles. The Kier molecular flexibility index (Phi) is 6.49. The molecule has 1 aromatic heterocycles. The van der Waals surface area contributed by atoms with E-state index in [-0.39, 0.29) is 11.0 Å². The smallest absolute Gasteiger partial charge is 0.0991 e. The van der Waals surface area contributed by atoms with Crippen LogP contribution in [0.5, 0.6) is 0 Å². The summed E-state index contributed by atoms with van der Waals surface area (Å²) in [6, 6.07) is 16.4. The molecule has 3 rings (SSSR count). The lowest BCUT2D eigenvalue weighted by Gasteiger charge is -2.37. The molecule has 0 aliphatic carbocycles. The standard InChI is InChI=1S/C24H31N3O/c1-4-28-19-24(12-11-20-8-7-9-21(16-20)17-25)13-15-27(18-24)23(2,3)22-10-5-6-14-26-22/h5-10,14,16H,4,11-13,15,18-19H2,1-3H3/t24-/m1/s1. The zero-order valence-corrected chi connectivity index (χ0v) is 17.3. The Morgan fingerprint density at radius 1 is 1.25 bits per heavy atom. The Hall–Kier alpha value is -2.22. The third-order valence-electron chi connectivity index (χ3n) is 6.13. The van der Waals surface area contributed by atoms with Gasteiger partial charge in [-0.1, -0.05) is 18.2 Å². The lowest BCUT2D eigenvalue weighted by molar-refractivity contribution is 0.0379. The number of hydrogen-bond acceptors (Lipinski definition) is 4. The molecule has 4 nitrogen and oxygen atoms in total. The number of likely N-dealkylation sites (tertiary alicyclic amines) is 1. The average molecular weight is 378 g/mol. The summed E-state index contributed by atoms with van der Waals surface area (Å²) in [6.07, 6.45) is 5.04. The fourth-order valence-electron chi connectivity index (χ4n) is 4.22. The highest BCUT2D eigenvalue weighted by Gasteiger charge is 2.43. The number of aryl methyl sites for hydroxylation is 1. The van der Waals surface area contributed by atoms with E-state index in [1.807, 2.05) is 30.5 Å². The molecule has 0 radical (unpaired) electrons. The van der Waals surface area contributed by atoms with Crippen LogP contribution in [-0.4, -0.2) is 36.2 Å². The Morgan fingerprint density at radius 3 is 2.82 bits per heavy atom. The number of hydrogen-bond donors (Lipinski definition) is 0. The summed E-state index contributed by atoms with van der Waals surface area (Å²) >= 11 is 0. The van der Waals surface area contributed by atoms with E-state index >= 15 is 0 Å². The molecular formula is C24H31N3O. The van der Waals surface area contributed by atoms with Gasteiger partial charge in [-0.2, -0.15) is 5.26 Å². The molecule has 1 atom stereocenters. The molecule has 2 aromatic rings. The molecule has 28 heavy (non-hydrogen) atoms. The molecule has 4 heteroatoms. The van der Waals surface area contributed by atoms with E-state index in [9.17, 15) is 0 Å². The number of aromatic nitrogens is 1. The molecule has 2 heterocycles. The van der Waals surface area contributed by atoms with Crippen molar-refractivity contribution in [3.05, 3.63) is 65.5 Å². The Balaban J connectivity index is 1.74. The van der Waals surface area contributed by atoms with Gasteiger partial charge in [0, 0.05) is 24.8 Å². The number of rotatable bonds is 8. The number of pyridine rings is 1. The van der Waals surface area contributed by atoms with Gasteiger partial charge in [-0.15, -0.1) is 0 Å².